The number of hydrogen-bond donors (Lipinski definition) is 1. The van der Waals surface area contributed by atoms with Crippen LogP contribution in [0.3, 0.4) is 0 Å². The highest BCUT2D eigenvalue weighted by molar-refractivity contribution is 5.64. The molecule has 2 aromatic rings. The first-order valence-corrected chi connectivity index (χ1v) is 11.2. The average molecular weight is 384 g/mol. The summed E-state index contributed by atoms with van der Waals surface area (Å²) in [5.41, 5.74) is 10.2. The van der Waals surface area contributed by atoms with Gasteiger partial charge in [0, 0.05) is 6.04 Å². The van der Waals surface area contributed by atoms with Gasteiger partial charge in [-0.15, -0.1) is 0 Å². The summed E-state index contributed by atoms with van der Waals surface area (Å²) in [6.07, 6.45) is 8.65. The van der Waals surface area contributed by atoms with Crippen molar-refractivity contribution in [2.24, 2.45) is 11.7 Å². The molecular formula is C26H38FN. The molecule has 3 rings (SSSR count). The molecule has 0 radical (unpaired) electrons. The van der Waals surface area contributed by atoms with Gasteiger partial charge in [-0.3, -0.25) is 0 Å². The summed E-state index contributed by atoms with van der Waals surface area (Å²) in [6.45, 7) is 8.07. The van der Waals surface area contributed by atoms with Crippen LogP contribution in [-0.4, -0.2) is 6.04 Å². The molecule has 28 heavy (non-hydrogen) atoms. The summed E-state index contributed by atoms with van der Waals surface area (Å²) in [6, 6.07) is 14.7. The fraction of sp³-hybridized carbons (Fsp3) is 0.538. The van der Waals surface area contributed by atoms with Crippen LogP contribution in [-0.2, 0) is 0 Å². The molecule has 1 saturated carbocycles. The molecule has 1 unspecified atom stereocenters. The van der Waals surface area contributed by atoms with Crippen molar-refractivity contribution < 1.29 is 4.39 Å². The predicted octanol–water partition coefficient (Wildman–Crippen LogP) is 7.62. The van der Waals surface area contributed by atoms with E-state index >= 15 is 0 Å². The SMILES string of the molecule is CC.CCCC(CC1CCC(N)CC1)c1ccc(-c2ccc(C)c(F)c2)cc1. The Morgan fingerprint density at radius 3 is 2.14 bits per heavy atom. The number of aryl methyl sites for hydroxylation is 1. The van der Waals surface area contributed by atoms with Crippen molar-refractivity contribution in [3.63, 3.8) is 0 Å². The summed E-state index contributed by atoms with van der Waals surface area (Å²) in [4.78, 5) is 0. The van der Waals surface area contributed by atoms with E-state index in [1.54, 1.807) is 13.0 Å². The molecule has 2 aromatic carbocycles. The van der Waals surface area contributed by atoms with Crippen molar-refractivity contribution in [3.8, 4) is 11.1 Å². The molecular weight excluding hydrogens is 345 g/mol. The summed E-state index contributed by atoms with van der Waals surface area (Å²) in [7, 11) is 0. The van der Waals surface area contributed by atoms with Gasteiger partial charge < -0.3 is 5.73 Å². The minimum Gasteiger partial charge on any atom is -0.328 e. The van der Waals surface area contributed by atoms with Crippen LogP contribution in [0.25, 0.3) is 11.1 Å². The summed E-state index contributed by atoms with van der Waals surface area (Å²) in [5, 5.41) is 0. The first-order chi connectivity index (χ1) is 13.6. The lowest BCUT2D eigenvalue weighted by atomic mass is 9.78. The summed E-state index contributed by atoms with van der Waals surface area (Å²) >= 11 is 0. The Balaban J connectivity index is 0.00000136. The lowest BCUT2D eigenvalue weighted by Gasteiger charge is -2.29. The van der Waals surface area contributed by atoms with Gasteiger partial charge in [-0.05, 0) is 85.6 Å². The van der Waals surface area contributed by atoms with Gasteiger partial charge in [-0.1, -0.05) is 63.6 Å². The fourth-order valence-corrected chi connectivity index (χ4v) is 4.32. The zero-order chi connectivity index (χ0) is 20.5. The maximum absolute atomic E-state index is 13.9. The highest BCUT2D eigenvalue weighted by atomic mass is 19.1. The number of hydrogen-bond acceptors (Lipinski definition) is 1. The zero-order valence-corrected chi connectivity index (χ0v) is 18.2. The Bertz CT molecular complexity index is 699. The molecule has 1 atom stereocenters. The molecule has 1 nitrogen and oxygen atoms in total. The van der Waals surface area contributed by atoms with E-state index in [1.807, 2.05) is 26.0 Å². The second-order valence-electron chi connectivity index (χ2n) is 8.09. The van der Waals surface area contributed by atoms with Crippen LogP contribution >= 0.6 is 0 Å². The maximum atomic E-state index is 13.9. The van der Waals surface area contributed by atoms with Crippen LogP contribution in [0.5, 0.6) is 0 Å². The minimum atomic E-state index is -0.133. The van der Waals surface area contributed by atoms with Gasteiger partial charge in [0.1, 0.15) is 5.82 Å². The van der Waals surface area contributed by atoms with E-state index in [2.05, 4.69) is 31.2 Å². The van der Waals surface area contributed by atoms with Crippen molar-refractivity contribution in [1.29, 1.82) is 0 Å². The lowest BCUT2D eigenvalue weighted by molar-refractivity contribution is 0.289. The second kappa shape index (κ2) is 11.4. The third-order valence-electron chi connectivity index (χ3n) is 6.03. The van der Waals surface area contributed by atoms with E-state index in [4.69, 9.17) is 5.73 Å². The number of rotatable bonds is 6. The minimum absolute atomic E-state index is 0.133. The number of halogens is 1. The maximum Gasteiger partial charge on any atom is 0.126 e. The van der Waals surface area contributed by atoms with Crippen molar-refractivity contribution >= 4 is 0 Å². The van der Waals surface area contributed by atoms with E-state index in [9.17, 15) is 4.39 Å². The van der Waals surface area contributed by atoms with Gasteiger partial charge in [0.05, 0.1) is 0 Å². The highest BCUT2D eigenvalue weighted by Gasteiger charge is 2.22. The van der Waals surface area contributed by atoms with Crippen LogP contribution in [0.1, 0.15) is 82.8 Å². The molecule has 154 valence electrons. The van der Waals surface area contributed by atoms with Gasteiger partial charge in [-0.2, -0.15) is 0 Å². The van der Waals surface area contributed by atoms with Crippen LogP contribution in [0.2, 0.25) is 0 Å². The van der Waals surface area contributed by atoms with Crippen LogP contribution < -0.4 is 5.73 Å². The molecule has 0 amide bonds. The molecule has 1 aliphatic rings. The van der Waals surface area contributed by atoms with Crippen molar-refractivity contribution in [2.45, 2.75) is 84.6 Å². The van der Waals surface area contributed by atoms with E-state index < -0.39 is 0 Å². The van der Waals surface area contributed by atoms with E-state index in [1.165, 1.54) is 50.5 Å². The number of benzene rings is 2. The monoisotopic (exact) mass is 383 g/mol. The molecule has 0 saturated heterocycles. The van der Waals surface area contributed by atoms with Gasteiger partial charge >= 0.3 is 0 Å². The van der Waals surface area contributed by atoms with Crippen molar-refractivity contribution in [2.75, 3.05) is 0 Å². The van der Waals surface area contributed by atoms with E-state index in [0.717, 1.165) is 17.0 Å². The third kappa shape index (κ3) is 6.17. The standard InChI is InChI=1S/C24H32FN.C2H6/c1-3-4-21(15-18-6-13-23(26)14-7-18)19-9-11-20(12-10-19)22-8-5-17(2)24(25)16-22;1-2/h5,8-12,16,18,21,23H,3-4,6-7,13-15,26H2,1-2H3;1-2H3. The second-order valence-corrected chi connectivity index (χ2v) is 8.09. The molecule has 0 heterocycles. The zero-order valence-electron chi connectivity index (χ0n) is 18.2. The molecule has 0 spiro atoms. The van der Waals surface area contributed by atoms with Gasteiger partial charge in [-0.25, -0.2) is 4.39 Å². The van der Waals surface area contributed by atoms with E-state index in [0.29, 0.717) is 17.5 Å². The van der Waals surface area contributed by atoms with Crippen molar-refractivity contribution in [3.05, 3.63) is 59.4 Å². The average Bonchev–Trinajstić information content (AvgIpc) is 2.73. The quantitative estimate of drug-likeness (QED) is 0.545. The predicted molar refractivity (Wildman–Crippen MR) is 120 cm³/mol. The van der Waals surface area contributed by atoms with Crippen LogP contribution in [0.4, 0.5) is 4.39 Å². The van der Waals surface area contributed by atoms with Crippen LogP contribution in [0, 0.1) is 18.7 Å². The molecule has 1 fully saturated rings. The molecule has 0 aliphatic heterocycles. The lowest BCUT2D eigenvalue weighted by Crippen LogP contribution is -2.27. The Morgan fingerprint density at radius 2 is 1.57 bits per heavy atom. The Morgan fingerprint density at radius 1 is 0.964 bits per heavy atom. The van der Waals surface area contributed by atoms with E-state index in [-0.39, 0.29) is 5.82 Å². The summed E-state index contributed by atoms with van der Waals surface area (Å²) < 4.78 is 13.9. The van der Waals surface area contributed by atoms with Crippen LogP contribution in [0.15, 0.2) is 42.5 Å². The fourth-order valence-electron chi connectivity index (χ4n) is 4.32. The molecule has 1 aliphatic carbocycles. The van der Waals surface area contributed by atoms with Crippen molar-refractivity contribution in [1.82, 2.24) is 0 Å². The Hall–Kier alpha value is -1.67. The smallest absolute Gasteiger partial charge is 0.126 e. The highest BCUT2D eigenvalue weighted by Crippen LogP contribution is 2.36. The largest absolute Gasteiger partial charge is 0.328 e. The molecule has 2 heteroatoms. The number of nitrogens with two attached hydrogens (primary N) is 1. The first-order valence-electron chi connectivity index (χ1n) is 11.2. The Labute approximate surface area is 171 Å². The molecule has 0 bridgehead atoms. The molecule has 0 aromatic heterocycles. The summed E-state index contributed by atoms with van der Waals surface area (Å²) in [5.74, 6) is 1.31. The topological polar surface area (TPSA) is 26.0 Å². The molecule has 2 N–H and O–H groups in total. The van der Waals surface area contributed by atoms with Gasteiger partial charge in [0.2, 0.25) is 0 Å². The first kappa shape index (κ1) is 22.6. The van der Waals surface area contributed by atoms with Gasteiger partial charge in [0.25, 0.3) is 0 Å². The van der Waals surface area contributed by atoms with Gasteiger partial charge in [0.15, 0.2) is 0 Å². The Kier molecular flexibility index (Phi) is 9.18. The third-order valence-corrected chi connectivity index (χ3v) is 6.03. The normalized spacial score (nSPS) is 20.2.